The number of anilines is 1. The molecule has 0 aliphatic carbocycles. The van der Waals surface area contributed by atoms with E-state index in [1.165, 1.54) is 5.56 Å². The van der Waals surface area contributed by atoms with Crippen LogP contribution in [-0.4, -0.2) is 15.2 Å². The minimum atomic E-state index is 0.544. The van der Waals surface area contributed by atoms with E-state index in [0.717, 1.165) is 27.8 Å². The van der Waals surface area contributed by atoms with Crippen LogP contribution >= 0.6 is 0 Å². The van der Waals surface area contributed by atoms with Crippen LogP contribution in [0.25, 0.3) is 33.4 Å². The van der Waals surface area contributed by atoms with E-state index in [4.69, 9.17) is 10.7 Å². The summed E-state index contributed by atoms with van der Waals surface area (Å²) in [5, 5.41) is 7.97. The fourth-order valence-corrected chi connectivity index (χ4v) is 2.89. The molecule has 4 rings (SSSR count). The zero-order chi connectivity index (χ0) is 15.8. The quantitative estimate of drug-likeness (QED) is 0.583. The number of aromatic amines is 1. The van der Waals surface area contributed by atoms with Gasteiger partial charge in [-0.1, -0.05) is 54.6 Å². The molecule has 2 aromatic carbocycles. The van der Waals surface area contributed by atoms with Gasteiger partial charge in [-0.25, -0.2) is 4.98 Å². The molecular formula is C19H16N4. The third-order valence-electron chi connectivity index (χ3n) is 4.06. The van der Waals surface area contributed by atoms with Crippen LogP contribution in [0.4, 0.5) is 5.82 Å². The molecule has 0 saturated heterocycles. The molecule has 2 heterocycles. The molecule has 0 amide bonds. The number of nitrogens with one attached hydrogen (secondary N) is 1. The van der Waals surface area contributed by atoms with Gasteiger partial charge in [0.05, 0.1) is 11.1 Å². The Morgan fingerprint density at radius 3 is 2.43 bits per heavy atom. The first-order valence-corrected chi connectivity index (χ1v) is 7.50. The Kier molecular flexibility index (Phi) is 3.08. The highest BCUT2D eigenvalue weighted by Gasteiger charge is 2.14. The lowest BCUT2D eigenvalue weighted by molar-refractivity contribution is 1.10. The lowest BCUT2D eigenvalue weighted by Crippen LogP contribution is -1.92. The van der Waals surface area contributed by atoms with Crippen LogP contribution < -0.4 is 5.73 Å². The van der Waals surface area contributed by atoms with Crippen molar-refractivity contribution in [2.75, 3.05) is 5.73 Å². The molecule has 0 bridgehead atoms. The Morgan fingerprint density at radius 2 is 1.65 bits per heavy atom. The highest BCUT2D eigenvalue weighted by Crippen LogP contribution is 2.34. The van der Waals surface area contributed by atoms with Crippen molar-refractivity contribution in [3.63, 3.8) is 0 Å². The summed E-state index contributed by atoms with van der Waals surface area (Å²) in [5.41, 5.74) is 12.0. The summed E-state index contributed by atoms with van der Waals surface area (Å²) in [7, 11) is 0. The minimum absolute atomic E-state index is 0.544. The molecule has 0 atom stereocenters. The van der Waals surface area contributed by atoms with Gasteiger partial charge in [-0.3, -0.25) is 5.10 Å². The van der Waals surface area contributed by atoms with Gasteiger partial charge in [0.1, 0.15) is 5.82 Å². The van der Waals surface area contributed by atoms with Crippen LogP contribution in [0, 0.1) is 6.92 Å². The van der Waals surface area contributed by atoms with E-state index in [-0.39, 0.29) is 0 Å². The zero-order valence-electron chi connectivity index (χ0n) is 12.7. The molecule has 3 N–H and O–H groups in total. The van der Waals surface area contributed by atoms with E-state index in [0.29, 0.717) is 11.5 Å². The number of H-pyrrole nitrogens is 1. The third-order valence-corrected chi connectivity index (χ3v) is 4.06. The number of nitrogens with two attached hydrogens (primary N) is 1. The Hall–Kier alpha value is -3.14. The van der Waals surface area contributed by atoms with Gasteiger partial charge in [0.2, 0.25) is 0 Å². The molecule has 0 aliphatic rings. The number of fused-ring (bicyclic) bond motifs is 1. The van der Waals surface area contributed by atoms with Crippen molar-refractivity contribution < 1.29 is 0 Å². The Bertz CT molecular complexity index is 987. The van der Waals surface area contributed by atoms with Crippen LogP contribution in [0.3, 0.4) is 0 Å². The summed E-state index contributed by atoms with van der Waals surface area (Å²) in [6.07, 6.45) is 0. The van der Waals surface area contributed by atoms with Crippen molar-refractivity contribution >= 4 is 16.9 Å². The monoisotopic (exact) mass is 300 g/mol. The van der Waals surface area contributed by atoms with Gasteiger partial charge in [-0.15, -0.1) is 0 Å². The number of nitrogen functional groups attached to an aromatic ring is 1. The number of aryl methyl sites for hydroxylation is 1. The summed E-state index contributed by atoms with van der Waals surface area (Å²) in [5.74, 6) is 0.544. The number of hydrogen-bond acceptors (Lipinski definition) is 3. The van der Waals surface area contributed by atoms with E-state index < -0.39 is 0 Å². The summed E-state index contributed by atoms with van der Waals surface area (Å²) in [6.45, 7) is 2.09. The SMILES string of the molecule is Cc1ccccc1-c1cc(-c2ccccc2)c2c(N)[nH]nc2n1. The minimum Gasteiger partial charge on any atom is -0.383 e. The molecule has 4 heteroatoms. The second kappa shape index (κ2) is 5.25. The first kappa shape index (κ1) is 13.5. The van der Waals surface area contributed by atoms with Crippen molar-refractivity contribution in [2.24, 2.45) is 0 Å². The second-order valence-corrected chi connectivity index (χ2v) is 5.57. The van der Waals surface area contributed by atoms with Crippen molar-refractivity contribution in [2.45, 2.75) is 6.92 Å². The van der Waals surface area contributed by atoms with E-state index in [2.05, 4.69) is 47.5 Å². The van der Waals surface area contributed by atoms with E-state index in [1.807, 2.05) is 30.3 Å². The molecule has 0 saturated carbocycles. The molecule has 0 aliphatic heterocycles. The van der Waals surface area contributed by atoms with Gasteiger partial charge in [0.25, 0.3) is 0 Å². The third kappa shape index (κ3) is 2.25. The van der Waals surface area contributed by atoms with Crippen molar-refractivity contribution in [3.8, 4) is 22.4 Å². The van der Waals surface area contributed by atoms with Crippen LogP contribution in [0.5, 0.6) is 0 Å². The molecule has 0 spiro atoms. The maximum atomic E-state index is 6.07. The van der Waals surface area contributed by atoms with Crippen molar-refractivity contribution in [1.82, 2.24) is 15.2 Å². The normalized spacial score (nSPS) is 11.0. The maximum Gasteiger partial charge on any atom is 0.184 e. The molecule has 112 valence electrons. The number of nitrogens with zero attached hydrogens (tertiary/aromatic N) is 2. The van der Waals surface area contributed by atoms with E-state index >= 15 is 0 Å². The van der Waals surface area contributed by atoms with Crippen molar-refractivity contribution in [1.29, 1.82) is 0 Å². The maximum absolute atomic E-state index is 6.07. The standard InChI is InChI=1S/C19H16N4/c1-12-7-5-6-10-14(12)16-11-15(13-8-3-2-4-9-13)17-18(20)22-23-19(17)21-16/h2-11H,1H3,(H3,20,21,22,23). The number of rotatable bonds is 2. The molecule has 2 aromatic heterocycles. The molecule has 4 nitrogen and oxygen atoms in total. The van der Waals surface area contributed by atoms with Crippen molar-refractivity contribution in [3.05, 3.63) is 66.2 Å². The predicted molar refractivity (Wildman–Crippen MR) is 93.9 cm³/mol. The summed E-state index contributed by atoms with van der Waals surface area (Å²) in [6, 6.07) is 20.5. The average molecular weight is 300 g/mol. The topological polar surface area (TPSA) is 67.6 Å². The molecule has 0 unspecified atom stereocenters. The fraction of sp³-hybridized carbons (Fsp3) is 0.0526. The van der Waals surface area contributed by atoms with Gasteiger partial charge in [-0.2, -0.15) is 5.10 Å². The number of hydrogen-bond donors (Lipinski definition) is 2. The first-order chi connectivity index (χ1) is 11.2. The zero-order valence-corrected chi connectivity index (χ0v) is 12.7. The van der Waals surface area contributed by atoms with Gasteiger partial charge in [-0.05, 0) is 29.7 Å². The fourth-order valence-electron chi connectivity index (χ4n) is 2.89. The summed E-state index contributed by atoms with van der Waals surface area (Å²) >= 11 is 0. The summed E-state index contributed by atoms with van der Waals surface area (Å²) < 4.78 is 0. The average Bonchev–Trinajstić information content (AvgIpc) is 2.96. The van der Waals surface area contributed by atoms with Gasteiger partial charge in [0, 0.05) is 5.56 Å². The Balaban J connectivity index is 2.04. The second-order valence-electron chi connectivity index (χ2n) is 5.57. The van der Waals surface area contributed by atoms with Crippen LogP contribution in [0.1, 0.15) is 5.56 Å². The van der Waals surface area contributed by atoms with Crippen LogP contribution in [0.15, 0.2) is 60.7 Å². The summed E-state index contributed by atoms with van der Waals surface area (Å²) in [4.78, 5) is 4.69. The number of aromatic nitrogens is 3. The molecule has 23 heavy (non-hydrogen) atoms. The molecule has 0 fully saturated rings. The smallest absolute Gasteiger partial charge is 0.184 e. The van der Waals surface area contributed by atoms with Crippen LogP contribution in [-0.2, 0) is 0 Å². The lowest BCUT2D eigenvalue weighted by Gasteiger charge is -2.09. The van der Waals surface area contributed by atoms with Gasteiger partial charge in [0.15, 0.2) is 5.65 Å². The van der Waals surface area contributed by atoms with Gasteiger partial charge < -0.3 is 5.73 Å². The number of benzene rings is 2. The highest BCUT2D eigenvalue weighted by atomic mass is 15.2. The lowest BCUT2D eigenvalue weighted by atomic mass is 9.98. The van der Waals surface area contributed by atoms with E-state index in [9.17, 15) is 0 Å². The molecule has 4 aromatic rings. The van der Waals surface area contributed by atoms with E-state index in [1.54, 1.807) is 0 Å². The molecular weight excluding hydrogens is 284 g/mol. The van der Waals surface area contributed by atoms with Gasteiger partial charge >= 0.3 is 0 Å². The first-order valence-electron chi connectivity index (χ1n) is 7.50. The van der Waals surface area contributed by atoms with Crippen LogP contribution in [0.2, 0.25) is 0 Å². The Morgan fingerprint density at radius 1 is 0.913 bits per heavy atom. The predicted octanol–water partition coefficient (Wildman–Crippen LogP) is 4.18. The molecule has 0 radical (unpaired) electrons. The largest absolute Gasteiger partial charge is 0.383 e. The number of pyridine rings is 1. The highest BCUT2D eigenvalue weighted by molar-refractivity contribution is 6.01. The Labute approximate surface area is 134 Å².